The number of hydrogen-bond acceptors (Lipinski definition) is 4. The Morgan fingerprint density at radius 3 is 2.34 bits per heavy atom. The SMILES string of the molecule is Cc1ccc(CC(=O)[C@H]2CN(C(=O)C(F)F)C[C@@H]2c2nnc(C3CC(CC(C)(C)C)C3)n2C2CC2)c(C)c1. The highest BCUT2D eigenvalue weighted by atomic mass is 19.3. The van der Waals surface area contributed by atoms with E-state index in [2.05, 4.69) is 35.5 Å². The lowest BCUT2D eigenvalue weighted by Gasteiger charge is -2.38. The van der Waals surface area contributed by atoms with E-state index < -0.39 is 24.2 Å². The third kappa shape index (κ3) is 5.55. The van der Waals surface area contributed by atoms with Gasteiger partial charge in [-0.3, -0.25) is 9.59 Å². The molecule has 2 heterocycles. The number of ketones is 1. The summed E-state index contributed by atoms with van der Waals surface area (Å²) in [5.41, 5.74) is 3.38. The number of hydrogen-bond donors (Lipinski definition) is 0. The molecule has 38 heavy (non-hydrogen) atoms. The summed E-state index contributed by atoms with van der Waals surface area (Å²) in [5.74, 6) is 0.438. The van der Waals surface area contributed by atoms with Gasteiger partial charge in [-0.25, -0.2) is 0 Å². The maximum absolute atomic E-state index is 13.7. The number of alkyl halides is 2. The van der Waals surface area contributed by atoms with Crippen molar-refractivity contribution in [1.82, 2.24) is 19.7 Å². The van der Waals surface area contributed by atoms with Crippen molar-refractivity contribution in [3.8, 4) is 0 Å². The fourth-order valence-electron chi connectivity index (χ4n) is 6.61. The first kappa shape index (κ1) is 26.9. The average Bonchev–Trinajstić information content (AvgIpc) is 3.40. The van der Waals surface area contributed by atoms with Crippen LogP contribution in [0.4, 0.5) is 8.78 Å². The molecule has 2 aromatic rings. The molecule has 206 valence electrons. The second kappa shape index (κ2) is 10.2. The van der Waals surface area contributed by atoms with Crippen LogP contribution >= 0.6 is 0 Å². The summed E-state index contributed by atoms with van der Waals surface area (Å²) >= 11 is 0. The molecule has 0 radical (unpaired) electrons. The molecule has 3 aliphatic rings. The highest BCUT2D eigenvalue weighted by Gasteiger charge is 2.47. The van der Waals surface area contributed by atoms with Crippen LogP contribution < -0.4 is 0 Å². The van der Waals surface area contributed by atoms with E-state index in [0.29, 0.717) is 29.1 Å². The molecule has 2 aliphatic carbocycles. The molecular formula is C30H40F2N4O2. The van der Waals surface area contributed by atoms with Gasteiger partial charge in [-0.1, -0.05) is 44.5 Å². The lowest BCUT2D eigenvalue weighted by atomic mass is 9.68. The van der Waals surface area contributed by atoms with Gasteiger partial charge in [0.25, 0.3) is 5.91 Å². The Balaban J connectivity index is 1.41. The molecule has 5 rings (SSSR count). The van der Waals surface area contributed by atoms with Crippen LogP contribution in [0.2, 0.25) is 0 Å². The zero-order valence-corrected chi connectivity index (χ0v) is 23.2. The van der Waals surface area contributed by atoms with Crippen LogP contribution in [0, 0.1) is 31.1 Å². The van der Waals surface area contributed by atoms with Crippen molar-refractivity contribution < 1.29 is 18.4 Å². The van der Waals surface area contributed by atoms with E-state index in [-0.39, 0.29) is 25.3 Å². The number of rotatable bonds is 8. The van der Waals surface area contributed by atoms with Crippen LogP contribution in [0.15, 0.2) is 18.2 Å². The normalized spacial score (nSPS) is 25.6. The predicted octanol–water partition coefficient (Wildman–Crippen LogP) is 5.78. The minimum Gasteiger partial charge on any atom is -0.336 e. The van der Waals surface area contributed by atoms with E-state index in [1.165, 1.54) is 6.42 Å². The molecule has 2 atom stereocenters. The number of likely N-dealkylation sites (tertiary alicyclic amines) is 1. The number of carbonyl (C=O) groups is 2. The monoisotopic (exact) mass is 526 g/mol. The van der Waals surface area contributed by atoms with Crippen molar-refractivity contribution in [3.05, 3.63) is 46.5 Å². The minimum absolute atomic E-state index is 0.00152. The van der Waals surface area contributed by atoms with Crippen LogP contribution in [-0.4, -0.2) is 50.9 Å². The first-order valence-corrected chi connectivity index (χ1v) is 14.0. The number of aromatic nitrogens is 3. The second-order valence-corrected chi connectivity index (χ2v) is 13.1. The zero-order chi connectivity index (χ0) is 27.4. The fraction of sp³-hybridized carbons (Fsp3) is 0.667. The summed E-state index contributed by atoms with van der Waals surface area (Å²) in [5, 5.41) is 9.24. The number of nitrogens with zero attached hydrogens (tertiary/aromatic N) is 4. The van der Waals surface area contributed by atoms with E-state index >= 15 is 0 Å². The topological polar surface area (TPSA) is 68.1 Å². The van der Waals surface area contributed by atoms with Gasteiger partial charge in [-0.2, -0.15) is 8.78 Å². The van der Waals surface area contributed by atoms with Crippen LogP contribution in [-0.2, 0) is 16.0 Å². The molecule has 0 unspecified atom stereocenters. The van der Waals surface area contributed by atoms with Crippen LogP contribution in [0.25, 0.3) is 0 Å². The summed E-state index contributed by atoms with van der Waals surface area (Å²) in [6.07, 6.45) is 2.53. The van der Waals surface area contributed by atoms with Gasteiger partial charge in [-0.15, -0.1) is 10.2 Å². The average molecular weight is 527 g/mol. The van der Waals surface area contributed by atoms with E-state index in [4.69, 9.17) is 0 Å². The first-order chi connectivity index (χ1) is 17.9. The largest absolute Gasteiger partial charge is 0.336 e. The van der Waals surface area contributed by atoms with Crippen molar-refractivity contribution in [2.24, 2.45) is 17.3 Å². The summed E-state index contributed by atoms with van der Waals surface area (Å²) in [7, 11) is 0. The number of aryl methyl sites for hydroxylation is 2. The van der Waals surface area contributed by atoms with E-state index in [1.807, 2.05) is 32.0 Å². The van der Waals surface area contributed by atoms with Gasteiger partial charge in [0.1, 0.15) is 17.4 Å². The number of carbonyl (C=O) groups excluding carboxylic acids is 2. The molecule has 0 N–H and O–H groups in total. The fourth-order valence-corrected chi connectivity index (χ4v) is 6.61. The molecular weight excluding hydrogens is 486 g/mol. The summed E-state index contributed by atoms with van der Waals surface area (Å²) in [6.45, 7) is 10.9. The van der Waals surface area contributed by atoms with Crippen LogP contribution in [0.1, 0.15) is 99.1 Å². The Hall–Kier alpha value is -2.64. The molecule has 1 aliphatic heterocycles. The Bertz CT molecular complexity index is 1210. The number of Topliss-reactive ketones (excluding diaryl/α,β-unsaturated/α-hetero) is 1. The summed E-state index contributed by atoms with van der Waals surface area (Å²) in [4.78, 5) is 27.1. The molecule has 2 saturated carbocycles. The summed E-state index contributed by atoms with van der Waals surface area (Å²) in [6, 6.07) is 6.29. The van der Waals surface area contributed by atoms with Gasteiger partial charge in [0.2, 0.25) is 0 Å². The van der Waals surface area contributed by atoms with E-state index in [9.17, 15) is 18.4 Å². The van der Waals surface area contributed by atoms with E-state index in [1.54, 1.807) is 0 Å². The van der Waals surface area contributed by atoms with Gasteiger partial charge >= 0.3 is 6.43 Å². The van der Waals surface area contributed by atoms with Gasteiger partial charge in [0, 0.05) is 43.3 Å². The molecule has 1 aromatic carbocycles. The van der Waals surface area contributed by atoms with Crippen molar-refractivity contribution in [2.45, 2.75) is 97.4 Å². The summed E-state index contributed by atoms with van der Waals surface area (Å²) < 4.78 is 29.0. The predicted molar refractivity (Wildman–Crippen MR) is 141 cm³/mol. The standard InChI is InChI=1S/C30H40F2N4O2/c1-17-6-7-20(18(2)10-17)13-25(37)23-15-35(29(38)26(31)32)16-24(23)28-34-33-27(36(28)22-8-9-22)21-11-19(12-21)14-30(3,4)5/h6-7,10,19,21-24,26H,8-9,11-16H2,1-5H3/t19?,21?,23-,24-/m0/s1. The van der Waals surface area contributed by atoms with Crippen molar-refractivity contribution in [3.63, 3.8) is 0 Å². The number of benzene rings is 1. The van der Waals surface area contributed by atoms with Crippen LogP contribution in [0.3, 0.4) is 0 Å². The lowest BCUT2D eigenvalue weighted by molar-refractivity contribution is -0.141. The minimum atomic E-state index is -3.09. The van der Waals surface area contributed by atoms with Crippen molar-refractivity contribution in [1.29, 1.82) is 0 Å². The highest BCUT2D eigenvalue weighted by Crippen LogP contribution is 2.49. The maximum atomic E-state index is 13.7. The third-order valence-electron chi connectivity index (χ3n) is 8.59. The van der Waals surface area contributed by atoms with E-state index in [0.717, 1.165) is 53.1 Å². The third-order valence-corrected chi connectivity index (χ3v) is 8.59. The van der Waals surface area contributed by atoms with Gasteiger partial charge in [0.05, 0.1) is 0 Å². The van der Waals surface area contributed by atoms with Gasteiger partial charge < -0.3 is 9.47 Å². The molecule has 1 amide bonds. The lowest BCUT2D eigenvalue weighted by Crippen LogP contribution is -2.34. The quantitative estimate of drug-likeness (QED) is 0.437. The molecule has 1 aromatic heterocycles. The number of halogens is 2. The Morgan fingerprint density at radius 1 is 1.05 bits per heavy atom. The van der Waals surface area contributed by atoms with Gasteiger partial charge in [-0.05, 0) is 68.4 Å². The maximum Gasteiger partial charge on any atom is 0.315 e. The van der Waals surface area contributed by atoms with Crippen molar-refractivity contribution >= 4 is 11.7 Å². The molecule has 0 bridgehead atoms. The van der Waals surface area contributed by atoms with Crippen molar-refractivity contribution in [2.75, 3.05) is 13.1 Å². The second-order valence-electron chi connectivity index (χ2n) is 13.1. The smallest absolute Gasteiger partial charge is 0.315 e. The van der Waals surface area contributed by atoms with Gasteiger partial charge in [0.15, 0.2) is 0 Å². The molecule has 3 fully saturated rings. The molecule has 6 nitrogen and oxygen atoms in total. The molecule has 1 saturated heterocycles. The first-order valence-electron chi connectivity index (χ1n) is 14.0. The zero-order valence-electron chi connectivity index (χ0n) is 23.2. The Labute approximate surface area is 224 Å². The molecule has 8 heteroatoms. The Kier molecular flexibility index (Phi) is 7.20. The highest BCUT2D eigenvalue weighted by molar-refractivity contribution is 5.87. The number of amides is 1. The Morgan fingerprint density at radius 2 is 1.74 bits per heavy atom. The molecule has 0 spiro atoms. The van der Waals surface area contributed by atoms with Crippen LogP contribution in [0.5, 0.6) is 0 Å².